The molecule has 0 aromatic carbocycles. The van der Waals surface area contributed by atoms with Crippen LogP contribution in [-0.4, -0.2) is 13.1 Å². The lowest BCUT2D eigenvalue weighted by Gasteiger charge is -2.28. The van der Waals surface area contributed by atoms with E-state index >= 15 is 0 Å². The van der Waals surface area contributed by atoms with Gasteiger partial charge in [0.2, 0.25) is 0 Å². The average molecular weight is 334 g/mol. The van der Waals surface area contributed by atoms with Crippen molar-refractivity contribution >= 4 is 28.6 Å². The van der Waals surface area contributed by atoms with Gasteiger partial charge in [-0.1, -0.05) is 13.8 Å². The van der Waals surface area contributed by atoms with Gasteiger partial charge in [0, 0.05) is 34.6 Å². The third-order valence-corrected chi connectivity index (χ3v) is 3.88. The Bertz CT molecular complexity index is 432. The molecule has 1 heterocycles. The van der Waals surface area contributed by atoms with Crippen LogP contribution in [0, 0.1) is 9.18 Å². The molecule has 0 saturated carbocycles. The first kappa shape index (κ1) is 12.0. The van der Waals surface area contributed by atoms with Crippen molar-refractivity contribution in [3.63, 3.8) is 0 Å². The highest BCUT2D eigenvalue weighted by molar-refractivity contribution is 14.1. The molecule has 0 saturated heterocycles. The Hall–Kier alpha value is -0.520. The number of methoxy groups -OCH3 is 1. The lowest BCUT2D eigenvalue weighted by Crippen LogP contribution is -2.22. The zero-order chi connectivity index (χ0) is 11.9. The monoisotopic (exact) mass is 334 g/mol. The quantitative estimate of drug-likeness (QED) is 0.585. The molecule has 1 aromatic heterocycles. The first-order valence-electron chi connectivity index (χ1n) is 5.33. The first-order chi connectivity index (χ1) is 7.44. The first-order valence-corrected chi connectivity index (χ1v) is 6.41. The van der Waals surface area contributed by atoms with Crippen molar-refractivity contribution < 1.29 is 13.9 Å². The topological polar surface area (TPSA) is 39.4 Å². The van der Waals surface area contributed by atoms with E-state index in [4.69, 9.17) is 9.15 Å². The summed E-state index contributed by atoms with van der Waals surface area (Å²) in [6.45, 7) is 4.44. The molecule has 0 N–H and O–H groups in total. The van der Waals surface area contributed by atoms with Gasteiger partial charge in [-0.25, -0.2) is 4.79 Å². The molecule has 2 rings (SSSR count). The number of ether oxygens (including phenoxy) is 1. The number of carbonyl (C=O) groups is 1. The van der Waals surface area contributed by atoms with Crippen molar-refractivity contribution in [2.24, 2.45) is 5.41 Å². The van der Waals surface area contributed by atoms with Crippen molar-refractivity contribution in [3.05, 3.63) is 20.7 Å². The molecule has 88 valence electrons. The summed E-state index contributed by atoms with van der Waals surface area (Å²) in [6, 6.07) is 0. The van der Waals surface area contributed by atoms with Crippen LogP contribution in [0.15, 0.2) is 4.42 Å². The third kappa shape index (κ3) is 1.99. The maximum Gasteiger partial charge on any atom is 0.342 e. The molecule has 1 aliphatic carbocycles. The molecule has 0 atom stereocenters. The minimum Gasteiger partial charge on any atom is -0.465 e. The number of carbonyl (C=O) groups excluding carboxylic acids is 1. The van der Waals surface area contributed by atoms with Crippen LogP contribution in [0.1, 0.15) is 41.9 Å². The van der Waals surface area contributed by atoms with E-state index in [1.54, 1.807) is 0 Å². The normalized spacial score (nSPS) is 18.0. The van der Waals surface area contributed by atoms with E-state index in [2.05, 4.69) is 36.4 Å². The van der Waals surface area contributed by atoms with Crippen molar-refractivity contribution in [2.75, 3.05) is 7.11 Å². The highest BCUT2D eigenvalue weighted by atomic mass is 127. The van der Waals surface area contributed by atoms with Gasteiger partial charge in [-0.05, 0) is 18.3 Å². The Balaban J connectivity index is 2.48. The number of halogens is 1. The lowest BCUT2D eigenvalue weighted by molar-refractivity contribution is 0.0596. The van der Waals surface area contributed by atoms with E-state index in [-0.39, 0.29) is 11.4 Å². The van der Waals surface area contributed by atoms with Crippen molar-refractivity contribution in [3.8, 4) is 0 Å². The van der Waals surface area contributed by atoms with Gasteiger partial charge in [0.05, 0.1) is 7.11 Å². The smallest absolute Gasteiger partial charge is 0.342 e. The molecule has 1 aliphatic rings. The van der Waals surface area contributed by atoms with Crippen LogP contribution in [0.2, 0.25) is 0 Å². The second-order valence-electron chi connectivity index (χ2n) is 4.99. The minimum atomic E-state index is -0.285. The summed E-state index contributed by atoms with van der Waals surface area (Å²) in [4.78, 5) is 11.7. The zero-order valence-corrected chi connectivity index (χ0v) is 11.9. The summed E-state index contributed by atoms with van der Waals surface area (Å²) in [5, 5.41) is 0. The average Bonchev–Trinajstić information content (AvgIpc) is 2.51. The van der Waals surface area contributed by atoms with E-state index in [0.29, 0.717) is 9.33 Å². The molecule has 0 unspecified atom stereocenters. The Labute approximate surface area is 109 Å². The molecule has 0 amide bonds. The number of esters is 1. The van der Waals surface area contributed by atoms with E-state index < -0.39 is 0 Å². The Morgan fingerprint density at radius 2 is 2.19 bits per heavy atom. The van der Waals surface area contributed by atoms with Crippen molar-refractivity contribution in [1.82, 2.24) is 0 Å². The maximum atomic E-state index is 11.7. The van der Waals surface area contributed by atoms with Gasteiger partial charge < -0.3 is 9.15 Å². The number of aryl methyl sites for hydroxylation is 1. The lowest BCUT2D eigenvalue weighted by atomic mass is 9.76. The molecule has 0 aliphatic heterocycles. The summed E-state index contributed by atoms with van der Waals surface area (Å²) < 4.78 is 11.1. The van der Waals surface area contributed by atoms with Gasteiger partial charge in [0.15, 0.2) is 3.77 Å². The highest BCUT2D eigenvalue weighted by Crippen LogP contribution is 2.39. The SMILES string of the molecule is COC(=O)c1c(I)oc2c1CC(C)(C)CC2. The van der Waals surface area contributed by atoms with Crippen LogP contribution >= 0.6 is 22.6 Å². The molecule has 0 radical (unpaired) electrons. The molecule has 3 nitrogen and oxygen atoms in total. The number of fused-ring (bicyclic) bond motifs is 1. The summed E-state index contributed by atoms with van der Waals surface area (Å²) in [5.74, 6) is 0.677. The summed E-state index contributed by atoms with van der Waals surface area (Å²) in [5.41, 5.74) is 1.92. The van der Waals surface area contributed by atoms with Gasteiger partial charge in [-0.15, -0.1) is 0 Å². The molecule has 0 bridgehead atoms. The molecule has 4 heteroatoms. The zero-order valence-electron chi connectivity index (χ0n) is 9.72. The fourth-order valence-electron chi connectivity index (χ4n) is 2.19. The van der Waals surface area contributed by atoms with Crippen molar-refractivity contribution in [1.29, 1.82) is 0 Å². The standard InChI is InChI=1S/C12H15IO3/c1-12(2)5-4-8-7(6-12)9(10(13)16-8)11(14)15-3/h4-6H2,1-3H3. The van der Waals surface area contributed by atoms with E-state index in [0.717, 1.165) is 30.6 Å². The number of hydrogen-bond acceptors (Lipinski definition) is 3. The molecule has 0 spiro atoms. The van der Waals surface area contributed by atoms with Crippen LogP contribution in [0.5, 0.6) is 0 Å². The number of furan rings is 1. The van der Waals surface area contributed by atoms with Crippen LogP contribution in [0.4, 0.5) is 0 Å². The minimum absolute atomic E-state index is 0.239. The third-order valence-electron chi connectivity index (χ3n) is 3.12. The summed E-state index contributed by atoms with van der Waals surface area (Å²) in [7, 11) is 1.41. The number of rotatable bonds is 1. The molecular formula is C12H15IO3. The van der Waals surface area contributed by atoms with Crippen LogP contribution in [0.3, 0.4) is 0 Å². The predicted octanol–water partition coefficient (Wildman–Crippen LogP) is 3.19. The predicted molar refractivity (Wildman–Crippen MR) is 68.6 cm³/mol. The van der Waals surface area contributed by atoms with Crippen LogP contribution in [0.25, 0.3) is 0 Å². The van der Waals surface area contributed by atoms with Crippen molar-refractivity contribution in [2.45, 2.75) is 33.1 Å². The van der Waals surface area contributed by atoms with Gasteiger partial charge in [-0.2, -0.15) is 0 Å². The van der Waals surface area contributed by atoms with E-state index in [1.807, 2.05) is 0 Å². The van der Waals surface area contributed by atoms with E-state index in [9.17, 15) is 4.79 Å². The van der Waals surface area contributed by atoms with Gasteiger partial charge in [0.1, 0.15) is 11.3 Å². The Morgan fingerprint density at radius 1 is 1.50 bits per heavy atom. The fraction of sp³-hybridized carbons (Fsp3) is 0.583. The van der Waals surface area contributed by atoms with Gasteiger partial charge in [0.25, 0.3) is 0 Å². The summed E-state index contributed by atoms with van der Waals surface area (Å²) >= 11 is 2.06. The van der Waals surface area contributed by atoms with E-state index in [1.165, 1.54) is 7.11 Å². The summed E-state index contributed by atoms with van der Waals surface area (Å²) in [6.07, 6.45) is 2.90. The van der Waals surface area contributed by atoms with Crippen LogP contribution in [-0.2, 0) is 17.6 Å². The highest BCUT2D eigenvalue weighted by Gasteiger charge is 2.33. The van der Waals surface area contributed by atoms with Crippen LogP contribution < -0.4 is 0 Å². The largest absolute Gasteiger partial charge is 0.465 e. The van der Waals surface area contributed by atoms with Gasteiger partial charge >= 0.3 is 5.97 Å². The Morgan fingerprint density at radius 3 is 2.81 bits per heavy atom. The molecule has 1 aromatic rings. The Kier molecular flexibility index (Phi) is 3.03. The molecular weight excluding hydrogens is 319 g/mol. The fourth-order valence-corrected chi connectivity index (χ4v) is 3.00. The maximum absolute atomic E-state index is 11.7. The molecule has 0 fully saturated rings. The second kappa shape index (κ2) is 4.05. The second-order valence-corrected chi connectivity index (χ2v) is 5.96. The molecule has 16 heavy (non-hydrogen) atoms. The van der Waals surface area contributed by atoms with Gasteiger partial charge in [-0.3, -0.25) is 0 Å². The number of hydrogen-bond donors (Lipinski definition) is 0.